The molecule has 0 atom stereocenters. The lowest BCUT2D eigenvalue weighted by Gasteiger charge is -2.06. The van der Waals surface area contributed by atoms with Crippen molar-refractivity contribution in [3.63, 3.8) is 0 Å². The molecule has 2 heterocycles. The molecular weight excluding hydrogens is 310 g/mol. The Hall–Kier alpha value is -3.42. The third kappa shape index (κ3) is 3.67. The predicted molar refractivity (Wildman–Crippen MR) is 87.5 cm³/mol. The molecule has 24 heavy (non-hydrogen) atoms. The smallest absolute Gasteiger partial charge is 0.276 e. The number of aromatic nitrogens is 3. The topological polar surface area (TPSA) is 102 Å². The number of aryl methyl sites for hydroxylation is 1. The van der Waals surface area contributed by atoms with Crippen LogP contribution in [0.3, 0.4) is 0 Å². The van der Waals surface area contributed by atoms with Gasteiger partial charge in [-0.3, -0.25) is 4.79 Å². The maximum atomic E-state index is 12.1. The molecule has 0 aliphatic heterocycles. The molecule has 1 aromatic carbocycles. The van der Waals surface area contributed by atoms with E-state index in [0.29, 0.717) is 28.8 Å². The zero-order valence-corrected chi connectivity index (χ0v) is 13.1. The highest BCUT2D eigenvalue weighted by Gasteiger charge is 2.09. The van der Waals surface area contributed by atoms with Crippen molar-refractivity contribution in [2.24, 2.45) is 0 Å². The summed E-state index contributed by atoms with van der Waals surface area (Å²) in [5.41, 5.74) is 0.843. The molecule has 3 aromatic rings. The Morgan fingerprint density at radius 3 is 2.46 bits per heavy atom. The molecule has 3 rings (SSSR count). The number of hydrogen-bond donors (Lipinski definition) is 2. The van der Waals surface area contributed by atoms with Crippen molar-refractivity contribution in [1.82, 2.24) is 15.4 Å². The van der Waals surface area contributed by atoms with Crippen LogP contribution in [0.1, 0.15) is 16.2 Å². The monoisotopic (exact) mass is 325 g/mol. The summed E-state index contributed by atoms with van der Waals surface area (Å²) in [5.74, 6) is 2.03. The first kappa shape index (κ1) is 15.5. The highest BCUT2D eigenvalue weighted by Crippen LogP contribution is 2.16. The molecule has 8 heteroatoms. The Labute approximate surface area is 137 Å². The van der Waals surface area contributed by atoms with E-state index in [1.165, 1.54) is 0 Å². The van der Waals surface area contributed by atoms with Gasteiger partial charge in [0.25, 0.3) is 5.91 Å². The van der Waals surface area contributed by atoms with Crippen molar-refractivity contribution in [2.75, 3.05) is 17.7 Å². The van der Waals surface area contributed by atoms with Crippen LogP contribution in [0.15, 0.2) is 47.0 Å². The first-order valence-electron chi connectivity index (χ1n) is 7.13. The molecule has 8 nitrogen and oxygen atoms in total. The van der Waals surface area contributed by atoms with Crippen LogP contribution >= 0.6 is 0 Å². The summed E-state index contributed by atoms with van der Waals surface area (Å²) in [6.07, 6.45) is 0. The highest BCUT2D eigenvalue weighted by molar-refractivity contribution is 6.02. The number of nitrogens with one attached hydrogen (secondary N) is 2. The van der Waals surface area contributed by atoms with Crippen molar-refractivity contribution in [1.29, 1.82) is 0 Å². The first-order chi connectivity index (χ1) is 11.6. The molecule has 0 spiro atoms. The molecule has 0 saturated heterocycles. The third-order valence-electron chi connectivity index (χ3n) is 3.13. The molecule has 2 N–H and O–H groups in total. The van der Waals surface area contributed by atoms with Gasteiger partial charge < -0.3 is 19.9 Å². The molecule has 2 aromatic heterocycles. The molecule has 0 radical (unpaired) electrons. The SMILES string of the molecule is COc1ccc(NC(=O)c2ccc(Nc3cc(C)on3)nn2)cc1. The number of benzene rings is 1. The average Bonchev–Trinajstić information content (AvgIpc) is 3.01. The fourth-order valence-electron chi connectivity index (χ4n) is 1.95. The zero-order valence-electron chi connectivity index (χ0n) is 13.1. The Morgan fingerprint density at radius 1 is 1.08 bits per heavy atom. The van der Waals surface area contributed by atoms with Crippen LogP contribution < -0.4 is 15.4 Å². The van der Waals surface area contributed by atoms with Crippen LogP contribution in [-0.2, 0) is 0 Å². The lowest BCUT2D eigenvalue weighted by atomic mass is 10.3. The maximum absolute atomic E-state index is 12.1. The molecule has 0 bridgehead atoms. The van der Waals surface area contributed by atoms with Crippen molar-refractivity contribution in [3.8, 4) is 5.75 Å². The standard InChI is InChI=1S/C16H15N5O3/c1-10-9-15(21-24-10)18-14-8-7-13(19-20-14)16(22)17-11-3-5-12(23-2)6-4-11/h3-9H,1-2H3,(H,17,22)(H,18,20,21). The summed E-state index contributed by atoms with van der Waals surface area (Å²) >= 11 is 0. The van der Waals surface area contributed by atoms with E-state index in [9.17, 15) is 4.79 Å². The number of rotatable bonds is 5. The fraction of sp³-hybridized carbons (Fsp3) is 0.125. The largest absolute Gasteiger partial charge is 0.497 e. The number of nitrogens with zero attached hydrogens (tertiary/aromatic N) is 3. The lowest BCUT2D eigenvalue weighted by molar-refractivity contribution is 0.102. The molecule has 0 aliphatic carbocycles. The number of anilines is 3. The van der Waals surface area contributed by atoms with Gasteiger partial charge in [-0.05, 0) is 43.3 Å². The van der Waals surface area contributed by atoms with Gasteiger partial charge >= 0.3 is 0 Å². The van der Waals surface area contributed by atoms with Gasteiger partial charge in [0.1, 0.15) is 11.5 Å². The average molecular weight is 325 g/mol. The van der Waals surface area contributed by atoms with Gasteiger partial charge in [-0.25, -0.2) is 0 Å². The summed E-state index contributed by atoms with van der Waals surface area (Å²) < 4.78 is 10.0. The van der Waals surface area contributed by atoms with E-state index in [0.717, 1.165) is 0 Å². The van der Waals surface area contributed by atoms with Crippen LogP contribution in [0.2, 0.25) is 0 Å². The fourth-order valence-corrected chi connectivity index (χ4v) is 1.95. The van der Waals surface area contributed by atoms with Crippen LogP contribution in [0.4, 0.5) is 17.3 Å². The number of carbonyl (C=O) groups is 1. The second-order valence-electron chi connectivity index (χ2n) is 4.93. The van der Waals surface area contributed by atoms with Gasteiger partial charge in [-0.2, -0.15) is 0 Å². The first-order valence-corrected chi connectivity index (χ1v) is 7.13. The van der Waals surface area contributed by atoms with E-state index in [1.807, 2.05) is 0 Å². The number of amides is 1. The van der Waals surface area contributed by atoms with E-state index < -0.39 is 0 Å². The van der Waals surface area contributed by atoms with E-state index in [2.05, 4.69) is 26.0 Å². The predicted octanol–water partition coefficient (Wildman–Crippen LogP) is 2.78. The van der Waals surface area contributed by atoms with Crippen molar-refractivity contribution in [3.05, 3.63) is 53.9 Å². The van der Waals surface area contributed by atoms with E-state index in [4.69, 9.17) is 9.26 Å². The molecule has 0 aliphatic rings. The van der Waals surface area contributed by atoms with E-state index in [1.54, 1.807) is 56.5 Å². The third-order valence-corrected chi connectivity index (χ3v) is 3.13. The number of ether oxygens (including phenoxy) is 1. The second-order valence-corrected chi connectivity index (χ2v) is 4.93. The Balaban J connectivity index is 1.64. The van der Waals surface area contributed by atoms with Crippen LogP contribution in [0.5, 0.6) is 5.75 Å². The van der Waals surface area contributed by atoms with Crippen LogP contribution in [-0.4, -0.2) is 28.4 Å². The van der Waals surface area contributed by atoms with Gasteiger partial charge in [0.2, 0.25) is 0 Å². The normalized spacial score (nSPS) is 10.2. The van der Waals surface area contributed by atoms with Crippen LogP contribution in [0.25, 0.3) is 0 Å². The minimum absolute atomic E-state index is 0.202. The van der Waals surface area contributed by atoms with Gasteiger partial charge in [-0.1, -0.05) is 5.16 Å². The molecular formula is C16H15N5O3. The van der Waals surface area contributed by atoms with Gasteiger partial charge in [0.15, 0.2) is 17.3 Å². The summed E-state index contributed by atoms with van der Waals surface area (Å²) in [5, 5.41) is 17.3. The zero-order chi connectivity index (χ0) is 16.9. The molecule has 122 valence electrons. The summed E-state index contributed by atoms with van der Waals surface area (Å²) in [6.45, 7) is 1.79. The molecule has 1 amide bonds. The van der Waals surface area contributed by atoms with Crippen LogP contribution in [0, 0.1) is 6.92 Å². The lowest BCUT2D eigenvalue weighted by Crippen LogP contribution is -2.14. The summed E-state index contributed by atoms with van der Waals surface area (Å²) in [6, 6.07) is 11.9. The van der Waals surface area contributed by atoms with E-state index >= 15 is 0 Å². The number of carbonyl (C=O) groups excluding carboxylic acids is 1. The number of hydrogen-bond acceptors (Lipinski definition) is 7. The summed E-state index contributed by atoms with van der Waals surface area (Å²) in [7, 11) is 1.58. The Morgan fingerprint density at radius 2 is 1.88 bits per heavy atom. The van der Waals surface area contributed by atoms with Crippen molar-refractivity contribution in [2.45, 2.75) is 6.92 Å². The summed E-state index contributed by atoms with van der Waals surface area (Å²) in [4.78, 5) is 12.1. The molecule has 0 saturated carbocycles. The van der Waals surface area contributed by atoms with Crippen molar-refractivity contribution < 1.29 is 14.1 Å². The Kier molecular flexibility index (Phi) is 4.37. The quantitative estimate of drug-likeness (QED) is 0.743. The van der Waals surface area contributed by atoms with Gasteiger partial charge in [0, 0.05) is 11.8 Å². The molecule has 0 unspecified atom stereocenters. The maximum Gasteiger partial charge on any atom is 0.276 e. The highest BCUT2D eigenvalue weighted by atomic mass is 16.5. The van der Waals surface area contributed by atoms with E-state index in [-0.39, 0.29) is 11.6 Å². The Bertz CT molecular complexity index is 828. The minimum atomic E-state index is -0.350. The number of methoxy groups -OCH3 is 1. The van der Waals surface area contributed by atoms with Crippen molar-refractivity contribution >= 4 is 23.2 Å². The van der Waals surface area contributed by atoms with Gasteiger partial charge in [-0.15, -0.1) is 10.2 Å². The second kappa shape index (κ2) is 6.78. The van der Waals surface area contributed by atoms with Gasteiger partial charge in [0.05, 0.1) is 7.11 Å². The minimum Gasteiger partial charge on any atom is -0.497 e. The molecule has 0 fully saturated rings.